The van der Waals surface area contributed by atoms with E-state index in [2.05, 4.69) is 10.6 Å². The van der Waals surface area contributed by atoms with E-state index in [1.165, 1.54) is 11.3 Å². The Hall–Kier alpha value is -1.92. The standard InChI is InChI=1S/C17H23N3O2S/c1-4-18-11-14-7-5-6-8-15(14)19-16(21)9-10-20-12(2)13(3)23-17(20)22/h5-8,18H,4,9-11H2,1-3H3,(H,19,21). The molecule has 1 heterocycles. The van der Waals surface area contributed by atoms with Crippen LogP contribution in [0, 0.1) is 13.8 Å². The fraction of sp³-hybridized carbons (Fsp3) is 0.412. The molecule has 1 aromatic heterocycles. The molecule has 124 valence electrons. The first-order valence-electron chi connectivity index (χ1n) is 7.78. The SMILES string of the molecule is CCNCc1ccccc1NC(=O)CCn1c(C)c(C)sc1=O. The minimum absolute atomic E-state index is 0.000320. The molecule has 1 amide bonds. The zero-order valence-corrected chi connectivity index (χ0v) is 14.6. The van der Waals surface area contributed by atoms with Crippen LogP contribution in [0.15, 0.2) is 29.1 Å². The van der Waals surface area contributed by atoms with Gasteiger partial charge in [0, 0.05) is 35.8 Å². The number of aromatic nitrogens is 1. The molecule has 23 heavy (non-hydrogen) atoms. The molecule has 0 saturated carbocycles. The minimum atomic E-state index is -0.0795. The van der Waals surface area contributed by atoms with Crippen molar-refractivity contribution in [3.63, 3.8) is 0 Å². The molecule has 0 fully saturated rings. The van der Waals surface area contributed by atoms with Crippen molar-refractivity contribution in [2.24, 2.45) is 0 Å². The van der Waals surface area contributed by atoms with Crippen LogP contribution < -0.4 is 15.5 Å². The maximum atomic E-state index is 12.2. The number of hydrogen-bond donors (Lipinski definition) is 2. The Kier molecular flexibility index (Phi) is 6.12. The number of nitrogens with zero attached hydrogens (tertiary/aromatic N) is 1. The Bertz CT molecular complexity index is 734. The first kappa shape index (κ1) is 17.4. The summed E-state index contributed by atoms with van der Waals surface area (Å²) in [6.45, 7) is 7.89. The molecule has 5 nitrogen and oxygen atoms in total. The van der Waals surface area contributed by atoms with Crippen LogP contribution in [-0.2, 0) is 17.9 Å². The Balaban J connectivity index is 1.99. The molecule has 0 aliphatic rings. The molecule has 0 aliphatic heterocycles. The van der Waals surface area contributed by atoms with Gasteiger partial charge in [-0.2, -0.15) is 0 Å². The second-order valence-electron chi connectivity index (χ2n) is 5.40. The van der Waals surface area contributed by atoms with E-state index in [4.69, 9.17) is 0 Å². The van der Waals surface area contributed by atoms with Crippen molar-refractivity contribution < 1.29 is 4.79 Å². The van der Waals surface area contributed by atoms with Gasteiger partial charge in [0.2, 0.25) is 5.91 Å². The summed E-state index contributed by atoms with van der Waals surface area (Å²) in [7, 11) is 0. The Morgan fingerprint density at radius 1 is 1.26 bits per heavy atom. The van der Waals surface area contributed by atoms with Gasteiger partial charge < -0.3 is 15.2 Å². The van der Waals surface area contributed by atoms with Crippen molar-refractivity contribution >= 4 is 22.9 Å². The lowest BCUT2D eigenvalue weighted by atomic mass is 10.1. The topological polar surface area (TPSA) is 63.1 Å². The minimum Gasteiger partial charge on any atom is -0.326 e. The molecule has 0 radical (unpaired) electrons. The van der Waals surface area contributed by atoms with Crippen molar-refractivity contribution in [3.8, 4) is 0 Å². The van der Waals surface area contributed by atoms with E-state index in [1.54, 1.807) is 4.57 Å². The fourth-order valence-electron chi connectivity index (χ4n) is 2.33. The zero-order chi connectivity index (χ0) is 16.8. The van der Waals surface area contributed by atoms with Gasteiger partial charge >= 0.3 is 4.87 Å². The van der Waals surface area contributed by atoms with Gasteiger partial charge in [0.15, 0.2) is 0 Å². The van der Waals surface area contributed by atoms with Crippen LogP contribution in [0.1, 0.15) is 29.5 Å². The summed E-state index contributed by atoms with van der Waals surface area (Å²) >= 11 is 1.23. The number of para-hydroxylation sites is 1. The largest absolute Gasteiger partial charge is 0.326 e. The highest BCUT2D eigenvalue weighted by molar-refractivity contribution is 7.09. The van der Waals surface area contributed by atoms with Gasteiger partial charge in [0.05, 0.1) is 0 Å². The van der Waals surface area contributed by atoms with Crippen molar-refractivity contribution in [2.45, 2.75) is 40.3 Å². The van der Waals surface area contributed by atoms with Crippen molar-refractivity contribution in [3.05, 3.63) is 50.1 Å². The molecule has 2 rings (SSSR count). The van der Waals surface area contributed by atoms with Crippen molar-refractivity contribution in [1.82, 2.24) is 9.88 Å². The van der Waals surface area contributed by atoms with Gasteiger partial charge in [-0.15, -0.1) is 0 Å². The molecule has 0 bridgehead atoms. The van der Waals surface area contributed by atoms with Gasteiger partial charge in [-0.1, -0.05) is 36.5 Å². The Morgan fingerprint density at radius 3 is 2.65 bits per heavy atom. The Morgan fingerprint density at radius 2 is 2.00 bits per heavy atom. The molecule has 0 spiro atoms. The molecule has 0 atom stereocenters. The molecule has 2 N–H and O–H groups in total. The van der Waals surface area contributed by atoms with E-state index in [-0.39, 0.29) is 17.2 Å². The second-order valence-corrected chi connectivity index (χ2v) is 6.56. The number of anilines is 1. The van der Waals surface area contributed by atoms with E-state index < -0.39 is 0 Å². The van der Waals surface area contributed by atoms with Gasteiger partial charge in [-0.05, 0) is 32.0 Å². The quantitative estimate of drug-likeness (QED) is 0.819. The highest BCUT2D eigenvalue weighted by atomic mass is 32.1. The Labute approximate surface area is 140 Å². The fourth-order valence-corrected chi connectivity index (χ4v) is 3.19. The average molecular weight is 333 g/mol. The van der Waals surface area contributed by atoms with Crippen molar-refractivity contribution in [1.29, 1.82) is 0 Å². The number of benzene rings is 1. The maximum absolute atomic E-state index is 12.2. The van der Waals surface area contributed by atoms with Crippen LogP contribution in [0.2, 0.25) is 0 Å². The first-order chi connectivity index (χ1) is 11.0. The van der Waals surface area contributed by atoms with E-state index in [1.807, 2.05) is 45.0 Å². The molecule has 0 unspecified atom stereocenters. The number of amides is 1. The summed E-state index contributed by atoms with van der Waals surface area (Å²) in [4.78, 5) is 25.0. The number of nitrogens with one attached hydrogen (secondary N) is 2. The summed E-state index contributed by atoms with van der Waals surface area (Å²) in [6, 6.07) is 7.76. The molecular weight excluding hydrogens is 310 g/mol. The lowest BCUT2D eigenvalue weighted by Gasteiger charge is -2.12. The second kappa shape index (κ2) is 8.08. The van der Waals surface area contributed by atoms with E-state index in [9.17, 15) is 9.59 Å². The van der Waals surface area contributed by atoms with Crippen molar-refractivity contribution in [2.75, 3.05) is 11.9 Å². The van der Waals surface area contributed by atoms with Gasteiger partial charge in [-0.25, -0.2) is 0 Å². The molecular formula is C17H23N3O2S. The van der Waals surface area contributed by atoms with E-state index >= 15 is 0 Å². The van der Waals surface area contributed by atoms with Gasteiger partial charge in [0.25, 0.3) is 0 Å². The lowest BCUT2D eigenvalue weighted by molar-refractivity contribution is -0.116. The highest BCUT2D eigenvalue weighted by Gasteiger charge is 2.10. The summed E-state index contributed by atoms with van der Waals surface area (Å²) in [5.41, 5.74) is 2.83. The van der Waals surface area contributed by atoms with Gasteiger partial charge in [-0.3, -0.25) is 9.59 Å². The monoisotopic (exact) mass is 333 g/mol. The van der Waals surface area contributed by atoms with Gasteiger partial charge in [0.1, 0.15) is 0 Å². The van der Waals surface area contributed by atoms with E-state index in [0.717, 1.165) is 34.9 Å². The first-order valence-corrected chi connectivity index (χ1v) is 8.60. The third-order valence-corrected chi connectivity index (χ3v) is 4.79. The zero-order valence-electron chi connectivity index (χ0n) is 13.8. The third kappa shape index (κ3) is 4.53. The summed E-state index contributed by atoms with van der Waals surface area (Å²) in [5, 5.41) is 6.20. The third-order valence-electron chi connectivity index (χ3n) is 3.79. The normalized spacial score (nSPS) is 10.7. The van der Waals surface area contributed by atoms with Crippen LogP contribution in [0.3, 0.4) is 0 Å². The summed E-state index contributed by atoms with van der Waals surface area (Å²) in [5.74, 6) is -0.0795. The smallest absolute Gasteiger partial charge is 0.307 e. The van der Waals surface area contributed by atoms with Crippen LogP contribution in [0.25, 0.3) is 0 Å². The number of carbonyl (C=O) groups is 1. The van der Waals surface area contributed by atoms with Crippen LogP contribution in [0.4, 0.5) is 5.69 Å². The number of aryl methyl sites for hydroxylation is 1. The van der Waals surface area contributed by atoms with Crippen LogP contribution in [-0.4, -0.2) is 17.0 Å². The number of hydrogen-bond acceptors (Lipinski definition) is 4. The average Bonchev–Trinajstić information content (AvgIpc) is 2.77. The molecule has 2 aromatic rings. The summed E-state index contributed by atoms with van der Waals surface area (Å²) < 4.78 is 1.67. The van der Waals surface area contributed by atoms with E-state index in [0.29, 0.717) is 6.54 Å². The van der Waals surface area contributed by atoms with Crippen LogP contribution in [0.5, 0.6) is 0 Å². The predicted molar refractivity (Wildman–Crippen MR) is 95.1 cm³/mol. The number of thiazole rings is 1. The predicted octanol–water partition coefficient (Wildman–Crippen LogP) is 2.66. The summed E-state index contributed by atoms with van der Waals surface area (Å²) in [6.07, 6.45) is 0.284. The van der Waals surface area contributed by atoms with Crippen LogP contribution >= 0.6 is 11.3 Å². The molecule has 0 saturated heterocycles. The molecule has 6 heteroatoms. The number of rotatable bonds is 7. The maximum Gasteiger partial charge on any atom is 0.307 e. The molecule has 1 aromatic carbocycles. The molecule has 0 aliphatic carbocycles. The number of carbonyl (C=O) groups excluding carboxylic acids is 1. The highest BCUT2D eigenvalue weighted by Crippen LogP contribution is 2.15. The lowest BCUT2D eigenvalue weighted by Crippen LogP contribution is -2.21.